The van der Waals surface area contributed by atoms with Crippen LogP contribution < -0.4 is 11.1 Å². The van der Waals surface area contributed by atoms with E-state index in [2.05, 4.69) is 24.3 Å². The second kappa shape index (κ2) is 9.34. The van der Waals surface area contributed by atoms with Gasteiger partial charge in [-0.25, -0.2) is 4.39 Å². The molecule has 118 valence electrons. The number of nitrogens with one attached hydrogen (secondary N) is 1. The third kappa shape index (κ3) is 5.71. The molecule has 1 unspecified atom stereocenters. The summed E-state index contributed by atoms with van der Waals surface area (Å²) in [7, 11) is 0. The van der Waals surface area contributed by atoms with E-state index in [0.29, 0.717) is 18.2 Å². The number of hydrogen-bond acceptors (Lipinski definition) is 3. The highest BCUT2D eigenvalue weighted by Crippen LogP contribution is 2.13. The lowest BCUT2D eigenvalue weighted by molar-refractivity contribution is 0.318. The number of oxime groups is 1. The quantitative estimate of drug-likeness (QED) is 0.215. The lowest BCUT2D eigenvalue weighted by Gasteiger charge is -2.15. The summed E-state index contributed by atoms with van der Waals surface area (Å²) in [5, 5.41) is 14.8. The van der Waals surface area contributed by atoms with Crippen LogP contribution in [-0.4, -0.2) is 17.1 Å². The minimum atomic E-state index is -0.432. The monoisotopic (exact) mass is 295 g/mol. The van der Waals surface area contributed by atoms with Crippen molar-refractivity contribution in [3.05, 3.63) is 35.1 Å². The van der Waals surface area contributed by atoms with Crippen LogP contribution >= 0.6 is 0 Å². The van der Waals surface area contributed by atoms with Crippen LogP contribution in [0.15, 0.2) is 23.4 Å². The summed E-state index contributed by atoms with van der Waals surface area (Å²) in [5.41, 5.74) is 6.11. The fraction of sp³-hybridized carbons (Fsp3) is 0.562. The van der Waals surface area contributed by atoms with E-state index in [0.717, 1.165) is 6.42 Å². The van der Waals surface area contributed by atoms with Crippen molar-refractivity contribution in [2.45, 2.75) is 58.5 Å². The molecule has 0 spiro atoms. The fourth-order valence-corrected chi connectivity index (χ4v) is 2.23. The van der Waals surface area contributed by atoms with E-state index < -0.39 is 5.82 Å². The van der Waals surface area contributed by atoms with Crippen molar-refractivity contribution in [2.24, 2.45) is 10.9 Å². The van der Waals surface area contributed by atoms with Gasteiger partial charge in [-0.2, -0.15) is 0 Å². The van der Waals surface area contributed by atoms with Crippen LogP contribution in [0, 0.1) is 5.82 Å². The minimum Gasteiger partial charge on any atom is -0.409 e. The summed E-state index contributed by atoms with van der Waals surface area (Å²) >= 11 is 0. The van der Waals surface area contributed by atoms with Crippen molar-refractivity contribution in [2.75, 3.05) is 0 Å². The van der Waals surface area contributed by atoms with Crippen LogP contribution in [0.4, 0.5) is 4.39 Å². The number of nitrogens with two attached hydrogens (primary N) is 1. The average molecular weight is 295 g/mol. The highest BCUT2D eigenvalue weighted by Gasteiger charge is 2.12. The maximum absolute atomic E-state index is 14.2. The summed E-state index contributed by atoms with van der Waals surface area (Å²) in [6.45, 7) is 4.74. The fourth-order valence-electron chi connectivity index (χ4n) is 2.23. The molecule has 1 atom stereocenters. The summed E-state index contributed by atoms with van der Waals surface area (Å²) in [6.07, 6.45) is 6.02. The van der Waals surface area contributed by atoms with Crippen molar-refractivity contribution in [3.63, 3.8) is 0 Å². The lowest BCUT2D eigenvalue weighted by atomic mass is 10.1. The molecule has 0 aliphatic rings. The Labute approximate surface area is 126 Å². The summed E-state index contributed by atoms with van der Waals surface area (Å²) in [4.78, 5) is 0. The van der Waals surface area contributed by atoms with Crippen molar-refractivity contribution in [3.8, 4) is 0 Å². The molecule has 0 fully saturated rings. The van der Waals surface area contributed by atoms with Gasteiger partial charge in [-0.3, -0.25) is 0 Å². The van der Waals surface area contributed by atoms with Crippen LogP contribution in [0.5, 0.6) is 0 Å². The maximum atomic E-state index is 14.2. The highest BCUT2D eigenvalue weighted by molar-refractivity contribution is 5.97. The molecule has 1 rings (SSSR count). The molecule has 1 aromatic rings. The minimum absolute atomic E-state index is 0.132. The van der Waals surface area contributed by atoms with Gasteiger partial charge in [0.15, 0.2) is 5.84 Å². The Balaban J connectivity index is 2.52. The molecule has 4 N–H and O–H groups in total. The molecule has 0 heterocycles. The van der Waals surface area contributed by atoms with Gasteiger partial charge in [0.25, 0.3) is 0 Å². The SMILES string of the molecule is CCCCCCC(C)NCc1cccc(/C(N)=N/O)c1F. The van der Waals surface area contributed by atoms with E-state index in [-0.39, 0.29) is 11.4 Å². The van der Waals surface area contributed by atoms with Crippen LogP contribution in [0.3, 0.4) is 0 Å². The third-order valence-electron chi connectivity index (χ3n) is 3.59. The van der Waals surface area contributed by atoms with Crippen LogP contribution in [0.1, 0.15) is 57.1 Å². The van der Waals surface area contributed by atoms with Gasteiger partial charge >= 0.3 is 0 Å². The van der Waals surface area contributed by atoms with Gasteiger partial charge in [-0.15, -0.1) is 0 Å². The van der Waals surface area contributed by atoms with Gasteiger partial charge in [0, 0.05) is 18.2 Å². The zero-order chi connectivity index (χ0) is 15.7. The van der Waals surface area contributed by atoms with Crippen molar-refractivity contribution in [1.82, 2.24) is 5.32 Å². The van der Waals surface area contributed by atoms with Crippen LogP contribution in [-0.2, 0) is 6.54 Å². The predicted octanol–water partition coefficient (Wildman–Crippen LogP) is 3.37. The number of rotatable bonds is 9. The lowest BCUT2D eigenvalue weighted by Crippen LogP contribution is -2.26. The molecule has 0 saturated heterocycles. The molecule has 0 radical (unpaired) electrons. The highest BCUT2D eigenvalue weighted by atomic mass is 19.1. The van der Waals surface area contributed by atoms with E-state index in [9.17, 15) is 4.39 Å². The number of hydrogen-bond donors (Lipinski definition) is 3. The standard InChI is InChI=1S/C16H26FN3O/c1-3-4-5-6-8-12(2)19-11-13-9-7-10-14(15(13)17)16(18)20-21/h7,9-10,12,19,21H,3-6,8,11H2,1-2H3,(H2,18,20). The number of benzene rings is 1. The Bertz CT molecular complexity index is 463. The molecule has 0 bridgehead atoms. The number of halogens is 1. The predicted molar refractivity (Wildman–Crippen MR) is 84.0 cm³/mol. The largest absolute Gasteiger partial charge is 0.409 e. The Morgan fingerprint density at radius 2 is 2.14 bits per heavy atom. The third-order valence-corrected chi connectivity index (χ3v) is 3.59. The summed E-state index contributed by atoms with van der Waals surface area (Å²) < 4.78 is 14.2. The van der Waals surface area contributed by atoms with Crippen molar-refractivity contribution >= 4 is 5.84 Å². The van der Waals surface area contributed by atoms with Gasteiger partial charge in [0.1, 0.15) is 5.82 Å². The molecule has 0 aromatic heterocycles. The Morgan fingerprint density at radius 1 is 1.38 bits per heavy atom. The van der Waals surface area contributed by atoms with Gasteiger partial charge < -0.3 is 16.3 Å². The first-order valence-corrected chi connectivity index (χ1v) is 7.58. The molecule has 21 heavy (non-hydrogen) atoms. The van der Waals surface area contributed by atoms with E-state index >= 15 is 0 Å². The molecule has 5 heteroatoms. The summed E-state index contributed by atoms with van der Waals surface area (Å²) in [5.74, 6) is -0.638. The topological polar surface area (TPSA) is 70.6 Å². The molecule has 4 nitrogen and oxygen atoms in total. The molecular weight excluding hydrogens is 269 g/mol. The number of unbranched alkanes of at least 4 members (excludes halogenated alkanes) is 3. The zero-order valence-electron chi connectivity index (χ0n) is 12.9. The Kier molecular flexibility index (Phi) is 7.75. The molecule has 0 saturated carbocycles. The molecule has 0 amide bonds. The Hall–Kier alpha value is -1.62. The van der Waals surface area contributed by atoms with Crippen molar-refractivity contribution < 1.29 is 9.60 Å². The van der Waals surface area contributed by atoms with Crippen LogP contribution in [0.25, 0.3) is 0 Å². The van der Waals surface area contributed by atoms with E-state index in [1.807, 2.05) is 0 Å². The van der Waals surface area contributed by atoms with Gasteiger partial charge in [-0.05, 0) is 19.4 Å². The second-order valence-electron chi connectivity index (χ2n) is 5.40. The average Bonchev–Trinajstić information content (AvgIpc) is 2.50. The first-order chi connectivity index (χ1) is 10.1. The zero-order valence-corrected chi connectivity index (χ0v) is 12.9. The maximum Gasteiger partial charge on any atom is 0.173 e. The van der Waals surface area contributed by atoms with Gasteiger partial charge in [-0.1, -0.05) is 49.9 Å². The smallest absolute Gasteiger partial charge is 0.173 e. The van der Waals surface area contributed by atoms with Gasteiger partial charge in [0.2, 0.25) is 0 Å². The van der Waals surface area contributed by atoms with E-state index in [1.54, 1.807) is 12.1 Å². The first-order valence-electron chi connectivity index (χ1n) is 7.58. The van der Waals surface area contributed by atoms with Crippen molar-refractivity contribution in [1.29, 1.82) is 0 Å². The van der Waals surface area contributed by atoms with Gasteiger partial charge in [0.05, 0.1) is 5.56 Å². The van der Waals surface area contributed by atoms with E-state index in [1.165, 1.54) is 31.7 Å². The number of nitrogens with zero attached hydrogens (tertiary/aromatic N) is 1. The molecule has 0 aliphatic heterocycles. The number of amidine groups is 1. The molecular formula is C16H26FN3O. The second-order valence-corrected chi connectivity index (χ2v) is 5.40. The van der Waals surface area contributed by atoms with E-state index in [4.69, 9.17) is 10.9 Å². The summed E-state index contributed by atoms with van der Waals surface area (Å²) in [6, 6.07) is 5.26. The van der Waals surface area contributed by atoms with Crippen LogP contribution in [0.2, 0.25) is 0 Å². The normalized spacial score (nSPS) is 13.4. The molecule has 0 aliphatic carbocycles. The molecule has 1 aromatic carbocycles. The Morgan fingerprint density at radius 3 is 2.81 bits per heavy atom. The first kappa shape index (κ1) is 17.4.